The summed E-state index contributed by atoms with van der Waals surface area (Å²) in [6.07, 6.45) is -1.84. The standard InChI is InChI=1S/C25H31BrFNO5/c1-15(18-7-5-6-8-20(18)27)19(23(30)31)14-22(29)21(28-24(32)33-25(2,3)4)13-16-9-11-17(26)12-10-16/h5-12,15,19,21-22,29H,13-14H2,1-4H3,(H,28,32)(H,30,31). The lowest BCUT2D eigenvalue weighted by Crippen LogP contribution is -2.48. The quantitative estimate of drug-likeness (QED) is 0.415. The van der Waals surface area contributed by atoms with E-state index in [1.165, 1.54) is 12.1 Å². The summed E-state index contributed by atoms with van der Waals surface area (Å²) in [6.45, 7) is 6.80. The maximum Gasteiger partial charge on any atom is 0.407 e. The summed E-state index contributed by atoms with van der Waals surface area (Å²) in [5.41, 5.74) is 0.370. The Balaban J connectivity index is 2.25. The average Bonchev–Trinajstić information content (AvgIpc) is 2.71. The Labute approximate surface area is 202 Å². The Hall–Kier alpha value is -2.45. The van der Waals surface area contributed by atoms with Crippen molar-refractivity contribution in [3.05, 3.63) is 69.9 Å². The first-order chi connectivity index (χ1) is 15.4. The smallest absolute Gasteiger partial charge is 0.407 e. The van der Waals surface area contributed by atoms with Gasteiger partial charge in [-0.25, -0.2) is 9.18 Å². The monoisotopic (exact) mass is 523 g/mol. The van der Waals surface area contributed by atoms with E-state index in [9.17, 15) is 24.2 Å². The molecule has 0 aliphatic rings. The number of amides is 1. The van der Waals surface area contributed by atoms with Crippen molar-refractivity contribution in [3.8, 4) is 0 Å². The molecular formula is C25H31BrFNO5. The number of halogens is 2. The minimum Gasteiger partial charge on any atom is -0.481 e. The van der Waals surface area contributed by atoms with Crippen molar-refractivity contribution in [2.24, 2.45) is 5.92 Å². The molecule has 180 valence electrons. The van der Waals surface area contributed by atoms with Gasteiger partial charge in [-0.1, -0.05) is 53.2 Å². The van der Waals surface area contributed by atoms with Gasteiger partial charge in [-0.05, 0) is 68.9 Å². The number of aliphatic carboxylic acids is 1. The predicted molar refractivity (Wildman–Crippen MR) is 128 cm³/mol. The highest BCUT2D eigenvalue weighted by atomic mass is 79.9. The minimum atomic E-state index is -1.21. The zero-order valence-corrected chi connectivity index (χ0v) is 20.8. The van der Waals surface area contributed by atoms with Gasteiger partial charge < -0.3 is 20.3 Å². The molecule has 6 nitrogen and oxygen atoms in total. The first-order valence-corrected chi connectivity index (χ1v) is 11.6. The highest BCUT2D eigenvalue weighted by molar-refractivity contribution is 9.10. The lowest BCUT2D eigenvalue weighted by Gasteiger charge is -2.30. The Morgan fingerprint density at radius 3 is 2.27 bits per heavy atom. The van der Waals surface area contributed by atoms with Crippen molar-refractivity contribution in [1.82, 2.24) is 5.32 Å². The molecule has 0 saturated heterocycles. The summed E-state index contributed by atoms with van der Waals surface area (Å²) < 4.78 is 20.5. The lowest BCUT2D eigenvalue weighted by molar-refractivity contribution is -0.143. The molecule has 0 aliphatic heterocycles. The number of aliphatic hydroxyl groups is 1. The van der Waals surface area contributed by atoms with Crippen LogP contribution in [0, 0.1) is 11.7 Å². The van der Waals surface area contributed by atoms with E-state index in [0.717, 1.165) is 10.0 Å². The Morgan fingerprint density at radius 1 is 1.12 bits per heavy atom. The molecule has 2 rings (SSSR count). The molecule has 4 atom stereocenters. The van der Waals surface area contributed by atoms with Crippen molar-refractivity contribution < 1.29 is 28.9 Å². The average molecular weight is 524 g/mol. The van der Waals surface area contributed by atoms with Crippen molar-refractivity contribution in [2.75, 3.05) is 0 Å². The SMILES string of the molecule is CC(c1ccccc1F)C(CC(O)C(Cc1ccc(Br)cc1)NC(=O)OC(C)(C)C)C(=O)O. The number of carbonyl (C=O) groups is 2. The minimum absolute atomic E-state index is 0.179. The molecule has 0 aromatic heterocycles. The summed E-state index contributed by atoms with van der Waals surface area (Å²) in [6, 6.07) is 12.6. The van der Waals surface area contributed by atoms with Crippen LogP contribution in [0.5, 0.6) is 0 Å². The van der Waals surface area contributed by atoms with Crippen molar-refractivity contribution in [3.63, 3.8) is 0 Å². The van der Waals surface area contributed by atoms with E-state index in [-0.39, 0.29) is 18.4 Å². The Morgan fingerprint density at radius 2 is 1.73 bits per heavy atom. The maximum atomic E-state index is 14.3. The number of alkyl carbamates (subject to hydrolysis) is 1. The van der Waals surface area contributed by atoms with E-state index in [1.54, 1.807) is 39.8 Å². The largest absolute Gasteiger partial charge is 0.481 e. The fraction of sp³-hybridized carbons (Fsp3) is 0.440. The number of carbonyl (C=O) groups excluding carboxylic acids is 1. The molecule has 0 saturated carbocycles. The molecule has 1 amide bonds. The van der Waals surface area contributed by atoms with Gasteiger partial charge in [0.15, 0.2) is 0 Å². The zero-order valence-electron chi connectivity index (χ0n) is 19.2. The van der Waals surface area contributed by atoms with E-state index >= 15 is 0 Å². The molecule has 3 N–H and O–H groups in total. The first kappa shape index (κ1) is 26.8. The molecule has 0 spiro atoms. The highest BCUT2D eigenvalue weighted by Gasteiger charge is 2.34. The van der Waals surface area contributed by atoms with Crippen LogP contribution in [0.1, 0.15) is 51.2 Å². The molecule has 0 bridgehead atoms. The summed E-state index contributed by atoms with van der Waals surface area (Å²) in [5.74, 6) is -3.40. The summed E-state index contributed by atoms with van der Waals surface area (Å²) in [4.78, 5) is 24.5. The van der Waals surface area contributed by atoms with Gasteiger partial charge in [0.2, 0.25) is 0 Å². The fourth-order valence-corrected chi connectivity index (χ4v) is 3.89. The van der Waals surface area contributed by atoms with E-state index in [2.05, 4.69) is 21.2 Å². The topological polar surface area (TPSA) is 95.9 Å². The Kier molecular flexibility index (Phi) is 9.43. The zero-order chi connectivity index (χ0) is 24.8. The molecule has 0 heterocycles. The normalized spacial score (nSPS) is 15.2. The number of rotatable bonds is 9. The van der Waals surface area contributed by atoms with E-state index < -0.39 is 47.5 Å². The van der Waals surface area contributed by atoms with Gasteiger partial charge in [-0.15, -0.1) is 0 Å². The Bertz CT molecular complexity index is 945. The summed E-state index contributed by atoms with van der Waals surface area (Å²) in [7, 11) is 0. The van der Waals surface area contributed by atoms with Gasteiger partial charge >= 0.3 is 12.1 Å². The third-order valence-corrected chi connectivity index (χ3v) is 5.88. The number of ether oxygens (including phenoxy) is 1. The van der Waals surface area contributed by atoms with Crippen LogP contribution < -0.4 is 5.32 Å². The second-order valence-corrected chi connectivity index (χ2v) is 10.1. The van der Waals surface area contributed by atoms with Gasteiger partial charge in [0.1, 0.15) is 11.4 Å². The number of hydrogen-bond acceptors (Lipinski definition) is 4. The second-order valence-electron chi connectivity index (χ2n) is 9.14. The highest BCUT2D eigenvalue weighted by Crippen LogP contribution is 2.31. The third-order valence-electron chi connectivity index (χ3n) is 5.35. The van der Waals surface area contributed by atoms with Crippen molar-refractivity contribution in [1.29, 1.82) is 0 Å². The van der Waals surface area contributed by atoms with Crippen LogP contribution >= 0.6 is 15.9 Å². The van der Waals surface area contributed by atoms with Gasteiger partial charge in [-0.2, -0.15) is 0 Å². The fourth-order valence-electron chi connectivity index (χ4n) is 3.62. The molecular weight excluding hydrogens is 493 g/mol. The molecule has 2 aromatic rings. The van der Waals surface area contributed by atoms with Crippen LogP contribution in [0.3, 0.4) is 0 Å². The van der Waals surface area contributed by atoms with Crippen molar-refractivity contribution >= 4 is 28.0 Å². The number of hydrogen-bond donors (Lipinski definition) is 3. The molecule has 4 unspecified atom stereocenters. The van der Waals surface area contributed by atoms with Crippen LogP contribution in [0.25, 0.3) is 0 Å². The number of carboxylic acids is 1. The number of carboxylic acid groups (broad SMARTS) is 1. The molecule has 33 heavy (non-hydrogen) atoms. The van der Waals surface area contributed by atoms with Gasteiger partial charge in [-0.3, -0.25) is 4.79 Å². The van der Waals surface area contributed by atoms with Crippen LogP contribution in [0.4, 0.5) is 9.18 Å². The predicted octanol–water partition coefficient (Wildman–Crippen LogP) is 5.28. The molecule has 8 heteroatoms. The molecule has 2 aromatic carbocycles. The van der Waals surface area contributed by atoms with E-state index in [4.69, 9.17) is 4.74 Å². The summed E-state index contributed by atoms with van der Waals surface area (Å²) >= 11 is 3.37. The molecule has 0 aliphatic carbocycles. The van der Waals surface area contributed by atoms with Gasteiger partial charge in [0, 0.05) is 4.47 Å². The van der Waals surface area contributed by atoms with Crippen LogP contribution in [0.2, 0.25) is 0 Å². The number of aliphatic hydroxyl groups excluding tert-OH is 1. The van der Waals surface area contributed by atoms with Gasteiger partial charge in [0.05, 0.1) is 18.1 Å². The summed E-state index contributed by atoms with van der Waals surface area (Å²) in [5, 5.41) is 23.5. The van der Waals surface area contributed by atoms with Crippen molar-refractivity contribution in [2.45, 2.75) is 64.2 Å². The lowest BCUT2D eigenvalue weighted by atomic mass is 9.82. The van der Waals surface area contributed by atoms with Crippen LogP contribution in [0.15, 0.2) is 53.0 Å². The first-order valence-electron chi connectivity index (χ1n) is 10.8. The van der Waals surface area contributed by atoms with E-state index in [0.29, 0.717) is 0 Å². The second kappa shape index (κ2) is 11.6. The number of benzene rings is 2. The molecule has 0 radical (unpaired) electrons. The van der Waals surface area contributed by atoms with Gasteiger partial charge in [0.25, 0.3) is 0 Å². The van der Waals surface area contributed by atoms with Crippen LogP contribution in [-0.2, 0) is 16.0 Å². The van der Waals surface area contributed by atoms with E-state index in [1.807, 2.05) is 24.3 Å². The maximum absolute atomic E-state index is 14.3. The molecule has 0 fully saturated rings. The number of nitrogens with one attached hydrogen (secondary N) is 1. The van der Waals surface area contributed by atoms with Crippen LogP contribution in [-0.4, -0.2) is 40.0 Å². The third kappa shape index (κ3) is 8.44.